The Balaban J connectivity index is 2.14. The zero-order valence-corrected chi connectivity index (χ0v) is 10.8. The number of aryl methyl sites for hydroxylation is 1. The Morgan fingerprint density at radius 1 is 1.06 bits per heavy atom. The molecule has 0 spiro atoms. The molecule has 2 aromatic rings. The molecule has 2 heteroatoms. The second-order valence-electron chi connectivity index (χ2n) is 4.43. The van der Waals surface area contributed by atoms with Gasteiger partial charge in [0.15, 0.2) is 0 Å². The smallest absolute Gasteiger partial charge is 0.125 e. The van der Waals surface area contributed by atoms with Gasteiger partial charge in [-0.25, -0.2) is 0 Å². The van der Waals surface area contributed by atoms with Crippen LogP contribution < -0.4 is 4.74 Å². The molecular weight excluding hydrogens is 224 g/mol. The standard InChI is InChI=1S/C16H18O2/c1-12-7-3-4-8-14(12)11-18-16-10-6-5-9-15(16)13(2)17/h3-10,13,17H,11H2,1-2H3. The van der Waals surface area contributed by atoms with Crippen molar-refractivity contribution in [2.45, 2.75) is 26.6 Å². The SMILES string of the molecule is Cc1ccccc1COc1ccccc1C(C)O. The van der Waals surface area contributed by atoms with Crippen molar-refractivity contribution in [3.8, 4) is 5.75 Å². The molecule has 1 N–H and O–H groups in total. The van der Waals surface area contributed by atoms with Gasteiger partial charge in [0, 0.05) is 5.56 Å². The minimum absolute atomic E-state index is 0.516. The molecule has 0 aliphatic carbocycles. The van der Waals surface area contributed by atoms with Crippen molar-refractivity contribution in [3.05, 3.63) is 65.2 Å². The number of aliphatic hydroxyl groups excluding tert-OH is 1. The van der Waals surface area contributed by atoms with Crippen molar-refractivity contribution in [3.63, 3.8) is 0 Å². The number of hydrogen-bond acceptors (Lipinski definition) is 2. The summed E-state index contributed by atoms with van der Waals surface area (Å²) in [6.07, 6.45) is -0.516. The Morgan fingerprint density at radius 2 is 1.72 bits per heavy atom. The molecule has 0 amide bonds. The third-order valence-corrected chi connectivity index (χ3v) is 3.01. The molecule has 18 heavy (non-hydrogen) atoms. The van der Waals surface area contributed by atoms with Crippen molar-refractivity contribution >= 4 is 0 Å². The normalized spacial score (nSPS) is 12.2. The van der Waals surface area contributed by atoms with Gasteiger partial charge in [-0.05, 0) is 31.0 Å². The van der Waals surface area contributed by atoms with Crippen LogP contribution in [0.1, 0.15) is 29.7 Å². The van der Waals surface area contributed by atoms with E-state index < -0.39 is 6.10 Å². The summed E-state index contributed by atoms with van der Waals surface area (Å²) in [4.78, 5) is 0. The highest BCUT2D eigenvalue weighted by Gasteiger charge is 2.08. The van der Waals surface area contributed by atoms with Gasteiger partial charge in [0.1, 0.15) is 12.4 Å². The van der Waals surface area contributed by atoms with E-state index >= 15 is 0 Å². The first-order valence-electron chi connectivity index (χ1n) is 6.13. The summed E-state index contributed by atoms with van der Waals surface area (Å²) < 4.78 is 5.81. The van der Waals surface area contributed by atoms with Crippen LogP contribution in [0.2, 0.25) is 0 Å². The summed E-state index contributed by atoms with van der Waals surface area (Å²) in [5.74, 6) is 0.746. The first-order valence-corrected chi connectivity index (χ1v) is 6.13. The highest BCUT2D eigenvalue weighted by molar-refractivity contribution is 5.35. The van der Waals surface area contributed by atoms with Crippen LogP contribution >= 0.6 is 0 Å². The van der Waals surface area contributed by atoms with Crippen molar-refractivity contribution in [1.29, 1.82) is 0 Å². The summed E-state index contributed by atoms with van der Waals surface area (Å²) in [5, 5.41) is 9.68. The van der Waals surface area contributed by atoms with Crippen molar-refractivity contribution < 1.29 is 9.84 Å². The molecule has 0 aromatic heterocycles. The van der Waals surface area contributed by atoms with E-state index in [1.165, 1.54) is 5.56 Å². The molecule has 0 heterocycles. The fourth-order valence-corrected chi connectivity index (χ4v) is 1.88. The van der Waals surface area contributed by atoms with Gasteiger partial charge < -0.3 is 9.84 Å². The van der Waals surface area contributed by atoms with Crippen LogP contribution in [0.25, 0.3) is 0 Å². The molecule has 0 aliphatic rings. The fourth-order valence-electron chi connectivity index (χ4n) is 1.88. The predicted molar refractivity (Wildman–Crippen MR) is 72.6 cm³/mol. The highest BCUT2D eigenvalue weighted by Crippen LogP contribution is 2.25. The summed E-state index contributed by atoms with van der Waals surface area (Å²) >= 11 is 0. The van der Waals surface area contributed by atoms with Crippen LogP contribution in [0, 0.1) is 6.92 Å². The average molecular weight is 242 g/mol. The van der Waals surface area contributed by atoms with Gasteiger partial charge in [0.05, 0.1) is 6.10 Å². The van der Waals surface area contributed by atoms with Gasteiger partial charge in [-0.3, -0.25) is 0 Å². The van der Waals surface area contributed by atoms with E-state index in [1.54, 1.807) is 6.92 Å². The van der Waals surface area contributed by atoms with Gasteiger partial charge in [-0.2, -0.15) is 0 Å². The molecule has 0 aliphatic heterocycles. The Bertz CT molecular complexity index is 518. The molecule has 0 saturated carbocycles. The zero-order chi connectivity index (χ0) is 13.0. The summed E-state index contributed by atoms with van der Waals surface area (Å²) in [6, 6.07) is 15.7. The van der Waals surface area contributed by atoms with E-state index in [0.29, 0.717) is 6.61 Å². The quantitative estimate of drug-likeness (QED) is 0.887. The Morgan fingerprint density at radius 3 is 2.44 bits per heavy atom. The molecule has 0 saturated heterocycles. The molecule has 2 aromatic carbocycles. The number of aliphatic hydroxyl groups is 1. The minimum Gasteiger partial charge on any atom is -0.489 e. The predicted octanol–water partition coefficient (Wildman–Crippen LogP) is 3.63. The fraction of sp³-hybridized carbons (Fsp3) is 0.250. The van der Waals surface area contributed by atoms with E-state index in [2.05, 4.69) is 19.1 Å². The van der Waals surface area contributed by atoms with E-state index in [0.717, 1.165) is 16.9 Å². The van der Waals surface area contributed by atoms with Gasteiger partial charge in [-0.15, -0.1) is 0 Å². The van der Waals surface area contributed by atoms with Gasteiger partial charge in [0.2, 0.25) is 0 Å². The van der Waals surface area contributed by atoms with Crippen molar-refractivity contribution in [2.75, 3.05) is 0 Å². The molecule has 94 valence electrons. The number of ether oxygens (including phenoxy) is 1. The van der Waals surface area contributed by atoms with E-state index in [-0.39, 0.29) is 0 Å². The van der Waals surface area contributed by atoms with Gasteiger partial charge >= 0.3 is 0 Å². The van der Waals surface area contributed by atoms with Crippen LogP contribution in [-0.4, -0.2) is 5.11 Å². The lowest BCUT2D eigenvalue weighted by molar-refractivity contribution is 0.190. The third-order valence-electron chi connectivity index (χ3n) is 3.01. The molecule has 1 atom stereocenters. The van der Waals surface area contributed by atoms with Crippen molar-refractivity contribution in [2.24, 2.45) is 0 Å². The molecule has 1 unspecified atom stereocenters. The number of rotatable bonds is 4. The largest absolute Gasteiger partial charge is 0.489 e. The number of hydrogen-bond donors (Lipinski definition) is 1. The summed E-state index contributed by atoms with van der Waals surface area (Å²) in [7, 11) is 0. The van der Waals surface area contributed by atoms with E-state index in [4.69, 9.17) is 4.74 Å². The average Bonchev–Trinajstić information content (AvgIpc) is 2.38. The maximum absolute atomic E-state index is 9.68. The molecule has 0 radical (unpaired) electrons. The monoisotopic (exact) mass is 242 g/mol. The number of benzene rings is 2. The van der Waals surface area contributed by atoms with E-state index in [9.17, 15) is 5.11 Å². The molecule has 0 bridgehead atoms. The summed E-state index contributed by atoms with van der Waals surface area (Å²) in [5.41, 5.74) is 3.20. The zero-order valence-electron chi connectivity index (χ0n) is 10.8. The van der Waals surface area contributed by atoms with Crippen LogP contribution in [0.15, 0.2) is 48.5 Å². The number of para-hydroxylation sites is 1. The maximum Gasteiger partial charge on any atom is 0.125 e. The molecular formula is C16H18O2. The minimum atomic E-state index is -0.516. The first kappa shape index (κ1) is 12.7. The molecule has 2 nitrogen and oxygen atoms in total. The second kappa shape index (κ2) is 5.69. The second-order valence-corrected chi connectivity index (χ2v) is 4.43. The third kappa shape index (κ3) is 2.90. The highest BCUT2D eigenvalue weighted by atomic mass is 16.5. The topological polar surface area (TPSA) is 29.5 Å². The Kier molecular flexibility index (Phi) is 4.00. The Labute approximate surface area is 108 Å². The van der Waals surface area contributed by atoms with Gasteiger partial charge in [0.25, 0.3) is 0 Å². The lowest BCUT2D eigenvalue weighted by Crippen LogP contribution is -2.01. The lowest BCUT2D eigenvalue weighted by atomic mass is 10.1. The van der Waals surface area contributed by atoms with E-state index in [1.807, 2.05) is 36.4 Å². The first-order chi connectivity index (χ1) is 8.68. The van der Waals surface area contributed by atoms with Crippen molar-refractivity contribution in [1.82, 2.24) is 0 Å². The van der Waals surface area contributed by atoms with Crippen LogP contribution in [0.4, 0.5) is 0 Å². The van der Waals surface area contributed by atoms with Crippen LogP contribution in [-0.2, 0) is 6.61 Å². The maximum atomic E-state index is 9.68. The van der Waals surface area contributed by atoms with Gasteiger partial charge in [-0.1, -0.05) is 42.5 Å². The Hall–Kier alpha value is -1.80. The van der Waals surface area contributed by atoms with Crippen LogP contribution in [0.3, 0.4) is 0 Å². The molecule has 0 fully saturated rings. The van der Waals surface area contributed by atoms with Crippen LogP contribution in [0.5, 0.6) is 5.75 Å². The molecule has 2 rings (SSSR count). The lowest BCUT2D eigenvalue weighted by Gasteiger charge is -2.14. The summed E-state index contributed by atoms with van der Waals surface area (Å²) in [6.45, 7) is 4.34.